The number of amides is 2. The number of hydrogen-bond donors (Lipinski definition) is 1. The lowest BCUT2D eigenvalue weighted by molar-refractivity contribution is -0.385. The number of nitrogens with one attached hydrogen (secondary N) is 1. The Kier molecular flexibility index (Phi) is 9.08. The van der Waals surface area contributed by atoms with Gasteiger partial charge in [-0.05, 0) is 105 Å². The van der Waals surface area contributed by atoms with Gasteiger partial charge in [-0.1, -0.05) is 12.2 Å². The number of carbonyl (C=O) groups excluding carboxylic acids is 2. The average Bonchev–Trinajstić information content (AvgIpc) is 3.94. The van der Waals surface area contributed by atoms with Crippen LogP contribution in [-0.4, -0.2) is 75.3 Å². The molecule has 0 bridgehead atoms. The summed E-state index contributed by atoms with van der Waals surface area (Å²) >= 11 is 0. The zero-order valence-corrected chi connectivity index (χ0v) is 29.2. The van der Waals surface area contributed by atoms with Crippen LogP contribution in [0.25, 0.3) is 28.0 Å². The number of imide groups is 1. The van der Waals surface area contributed by atoms with Gasteiger partial charge < -0.3 is 14.8 Å². The first-order valence-electron chi connectivity index (χ1n) is 18.6. The summed E-state index contributed by atoms with van der Waals surface area (Å²) in [4.78, 5) is 67.0. The molecule has 270 valence electrons. The SMILES string of the molecule is O=C1C2=CCCc3cc([N+](=O)[O-])cc(c32)C(=O)N1CCNCCCN(CCn1c(=O)c2c3c(cc([N+](=O)[O-])cc3c1=C1CCC1)CCC=2)CC1CC1. The summed E-state index contributed by atoms with van der Waals surface area (Å²) < 4.78 is 1.89. The first-order chi connectivity index (χ1) is 25.2. The number of nitro benzene ring substituents is 2. The molecule has 0 radical (unpaired) electrons. The van der Waals surface area contributed by atoms with E-state index in [0.29, 0.717) is 79.7 Å². The maximum absolute atomic E-state index is 14.1. The Hall–Kier alpha value is -5.01. The predicted molar refractivity (Wildman–Crippen MR) is 196 cm³/mol. The highest BCUT2D eigenvalue weighted by molar-refractivity contribution is 6.31. The van der Waals surface area contributed by atoms with Crippen LogP contribution >= 0.6 is 0 Å². The number of hydrogen-bond acceptors (Lipinski definition) is 9. The monoisotopic (exact) mass is 706 g/mol. The van der Waals surface area contributed by atoms with Crippen LogP contribution in [0.4, 0.5) is 11.4 Å². The number of non-ortho nitro benzene ring substituents is 2. The Labute approximate surface area is 299 Å². The van der Waals surface area contributed by atoms with E-state index in [4.69, 9.17) is 0 Å². The lowest BCUT2D eigenvalue weighted by Crippen LogP contribution is -2.47. The number of pyridine rings is 1. The minimum Gasteiger partial charge on any atom is -0.315 e. The molecule has 1 N–H and O–H groups in total. The first kappa shape index (κ1) is 34.1. The molecular weight excluding hydrogens is 664 g/mol. The summed E-state index contributed by atoms with van der Waals surface area (Å²) in [5.74, 6) is -0.209. The summed E-state index contributed by atoms with van der Waals surface area (Å²) in [6.45, 7) is 4.15. The maximum atomic E-state index is 14.1. The van der Waals surface area contributed by atoms with Crippen molar-refractivity contribution in [1.82, 2.24) is 19.7 Å². The third-order valence-corrected chi connectivity index (χ3v) is 11.3. The zero-order chi connectivity index (χ0) is 36.1. The summed E-state index contributed by atoms with van der Waals surface area (Å²) in [5, 5.41) is 30.1. The van der Waals surface area contributed by atoms with Gasteiger partial charge in [-0.2, -0.15) is 0 Å². The number of benzene rings is 2. The minimum absolute atomic E-state index is 0.0102. The number of nitro groups is 2. The van der Waals surface area contributed by atoms with Gasteiger partial charge in [-0.15, -0.1) is 0 Å². The second-order valence-electron chi connectivity index (χ2n) is 14.8. The standard InChI is InChI=1S/C39H42N6O7/c46-37-30-9-2-7-26-19-28(44(49)50)21-32(34(26)30)36(25-5-1-6-25)42(37)18-17-41(23-24-11-12-24)15-4-13-40-14-16-43-38(47)31-10-3-8-27-20-29(45(51)52)22-33(35(27)31)39(43)48/h9-10,19-22,24,40H,1-8,11-18,23H2. The third-order valence-electron chi connectivity index (χ3n) is 11.3. The highest BCUT2D eigenvalue weighted by Crippen LogP contribution is 2.38. The highest BCUT2D eigenvalue weighted by atomic mass is 16.6. The van der Waals surface area contributed by atoms with Crippen molar-refractivity contribution in [2.75, 3.05) is 39.3 Å². The fourth-order valence-corrected chi connectivity index (χ4v) is 8.41. The molecule has 1 aromatic heterocycles. The number of aromatic nitrogens is 1. The van der Waals surface area contributed by atoms with Crippen LogP contribution in [0.2, 0.25) is 0 Å². The second-order valence-corrected chi connectivity index (χ2v) is 14.8. The second kappa shape index (κ2) is 13.8. The van der Waals surface area contributed by atoms with Crippen molar-refractivity contribution in [1.29, 1.82) is 0 Å². The molecule has 1 aliphatic heterocycles. The molecule has 4 aliphatic carbocycles. The van der Waals surface area contributed by atoms with Crippen LogP contribution in [0.5, 0.6) is 0 Å². The first-order valence-corrected chi connectivity index (χ1v) is 18.6. The molecule has 2 amide bonds. The predicted octanol–water partition coefficient (Wildman–Crippen LogP) is 3.58. The van der Waals surface area contributed by atoms with Crippen LogP contribution in [0.3, 0.4) is 0 Å². The van der Waals surface area contributed by atoms with Crippen molar-refractivity contribution in [2.45, 2.75) is 70.8 Å². The van der Waals surface area contributed by atoms with Gasteiger partial charge in [0, 0.05) is 78.7 Å². The lowest BCUT2D eigenvalue weighted by atomic mass is 9.83. The van der Waals surface area contributed by atoms with E-state index in [2.05, 4.69) is 10.2 Å². The van der Waals surface area contributed by atoms with E-state index in [1.54, 1.807) is 12.1 Å². The molecular formula is C39H42N6O7. The summed E-state index contributed by atoms with van der Waals surface area (Å²) in [6, 6.07) is 6.07. The number of aryl methyl sites for hydroxylation is 2. The van der Waals surface area contributed by atoms with Gasteiger partial charge in [-0.3, -0.25) is 39.5 Å². The van der Waals surface area contributed by atoms with Gasteiger partial charge in [-0.25, -0.2) is 0 Å². The molecule has 2 aromatic carbocycles. The molecule has 5 aliphatic rings. The number of allylic oxidation sites excluding steroid dienone is 1. The zero-order valence-electron chi connectivity index (χ0n) is 29.2. The van der Waals surface area contributed by atoms with Crippen molar-refractivity contribution in [3.8, 4) is 0 Å². The topological polar surface area (TPSA) is 161 Å². The van der Waals surface area contributed by atoms with Crippen LogP contribution in [0, 0.1) is 26.1 Å². The van der Waals surface area contributed by atoms with Gasteiger partial charge in [0.05, 0.1) is 20.8 Å². The third kappa shape index (κ3) is 6.25. The van der Waals surface area contributed by atoms with E-state index in [1.807, 2.05) is 16.7 Å². The summed E-state index contributed by atoms with van der Waals surface area (Å²) in [7, 11) is 0. The van der Waals surface area contributed by atoms with Crippen molar-refractivity contribution < 1.29 is 19.4 Å². The molecule has 0 atom stereocenters. The van der Waals surface area contributed by atoms with E-state index < -0.39 is 10.8 Å². The number of rotatable bonds is 14. The van der Waals surface area contributed by atoms with Crippen molar-refractivity contribution >= 4 is 51.2 Å². The Bertz CT molecular complexity index is 2260. The van der Waals surface area contributed by atoms with Crippen LogP contribution in [0.15, 0.2) is 35.1 Å². The molecule has 2 fully saturated rings. The average molecular weight is 707 g/mol. The Balaban J connectivity index is 0.937. The van der Waals surface area contributed by atoms with E-state index in [0.717, 1.165) is 60.5 Å². The van der Waals surface area contributed by atoms with Gasteiger partial charge >= 0.3 is 0 Å². The lowest BCUT2D eigenvalue weighted by Gasteiger charge is -2.31. The normalized spacial score (nSPS) is 17.6. The molecule has 3 aromatic rings. The van der Waals surface area contributed by atoms with Gasteiger partial charge in [0.15, 0.2) is 0 Å². The smallest absolute Gasteiger partial charge is 0.270 e. The Morgan fingerprint density at radius 3 is 2.29 bits per heavy atom. The molecule has 8 rings (SSSR count). The largest absolute Gasteiger partial charge is 0.315 e. The van der Waals surface area contributed by atoms with Crippen LogP contribution < -0.4 is 21.4 Å². The fraction of sp³-hybridized carbons (Fsp3) is 0.462. The molecule has 0 unspecified atom stereocenters. The van der Waals surface area contributed by atoms with E-state index in [-0.39, 0.29) is 39.9 Å². The number of nitrogens with zero attached hydrogens (tertiary/aromatic N) is 5. The van der Waals surface area contributed by atoms with E-state index in [9.17, 15) is 34.6 Å². The van der Waals surface area contributed by atoms with Crippen LogP contribution in [-0.2, 0) is 24.2 Å². The Morgan fingerprint density at radius 1 is 0.827 bits per heavy atom. The quantitative estimate of drug-likeness (QED) is 0.114. The molecule has 0 saturated heterocycles. The van der Waals surface area contributed by atoms with E-state index in [1.165, 1.54) is 35.4 Å². The number of carbonyl (C=O) groups is 2. The van der Waals surface area contributed by atoms with E-state index >= 15 is 0 Å². The molecule has 0 spiro atoms. The molecule has 52 heavy (non-hydrogen) atoms. The van der Waals surface area contributed by atoms with Crippen LogP contribution in [0.1, 0.15) is 78.4 Å². The van der Waals surface area contributed by atoms with Gasteiger partial charge in [0.1, 0.15) is 0 Å². The maximum Gasteiger partial charge on any atom is 0.270 e. The van der Waals surface area contributed by atoms with Gasteiger partial charge in [0.25, 0.3) is 28.7 Å². The molecule has 2 saturated carbocycles. The molecule has 13 nitrogen and oxygen atoms in total. The van der Waals surface area contributed by atoms with Crippen molar-refractivity contribution in [3.05, 3.63) is 93.7 Å². The summed E-state index contributed by atoms with van der Waals surface area (Å²) in [6.07, 6.45) is 12.4. The highest BCUT2D eigenvalue weighted by Gasteiger charge is 2.38. The molecule has 13 heteroatoms. The minimum atomic E-state index is -0.498. The molecule has 2 heterocycles. The van der Waals surface area contributed by atoms with Gasteiger partial charge in [0.2, 0.25) is 0 Å². The fourth-order valence-electron chi connectivity index (χ4n) is 8.41. The van der Waals surface area contributed by atoms with Crippen molar-refractivity contribution in [3.63, 3.8) is 0 Å². The Morgan fingerprint density at radius 2 is 1.56 bits per heavy atom. The summed E-state index contributed by atoms with van der Waals surface area (Å²) in [5.41, 5.74) is 3.90. The van der Waals surface area contributed by atoms with Crippen molar-refractivity contribution in [2.24, 2.45) is 5.92 Å².